The minimum absolute atomic E-state index is 0.0267. The number of carbonyl (C=O) groups excluding carboxylic acids is 1. The van der Waals surface area contributed by atoms with Crippen molar-refractivity contribution in [3.05, 3.63) is 24.3 Å². The second-order valence-corrected chi connectivity index (χ2v) is 7.43. The monoisotopic (exact) mass is 285 g/mol. The Kier molecular flexibility index (Phi) is 3.97. The SMILES string of the molecule is CSc1cccc(NC(=O)[C@H]2CCS(=O)(=O)C2)c1. The van der Waals surface area contributed by atoms with E-state index >= 15 is 0 Å². The van der Waals surface area contributed by atoms with Crippen molar-refractivity contribution in [3.63, 3.8) is 0 Å². The normalized spacial score (nSPS) is 21.7. The maximum absolute atomic E-state index is 11.9. The lowest BCUT2D eigenvalue weighted by molar-refractivity contribution is -0.119. The van der Waals surface area contributed by atoms with Crippen molar-refractivity contribution in [3.8, 4) is 0 Å². The third kappa shape index (κ3) is 3.26. The predicted octanol–water partition coefficient (Wildman–Crippen LogP) is 1.78. The first-order chi connectivity index (χ1) is 8.50. The van der Waals surface area contributed by atoms with Gasteiger partial charge in [0.15, 0.2) is 9.84 Å². The lowest BCUT2D eigenvalue weighted by Gasteiger charge is -2.10. The van der Waals surface area contributed by atoms with Gasteiger partial charge in [0.25, 0.3) is 0 Å². The van der Waals surface area contributed by atoms with Crippen LogP contribution in [0.2, 0.25) is 0 Å². The highest BCUT2D eigenvalue weighted by atomic mass is 32.2. The molecule has 0 radical (unpaired) electrons. The smallest absolute Gasteiger partial charge is 0.228 e. The van der Waals surface area contributed by atoms with Crippen LogP contribution in [0, 0.1) is 5.92 Å². The van der Waals surface area contributed by atoms with Crippen molar-refractivity contribution in [1.82, 2.24) is 0 Å². The van der Waals surface area contributed by atoms with Gasteiger partial charge in [-0.2, -0.15) is 0 Å². The first kappa shape index (κ1) is 13.4. The van der Waals surface area contributed by atoms with E-state index in [0.717, 1.165) is 10.6 Å². The van der Waals surface area contributed by atoms with Crippen LogP contribution in [0.5, 0.6) is 0 Å². The number of sulfone groups is 1. The van der Waals surface area contributed by atoms with Crippen LogP contribution in [0.25, 0.3) is 0 Å². The van der Waals surface area contributed by atoms with Gasteiger partial charge >= 0.3 is 0 Å². The third-order valence-electron chi connectivity index (χ3n) is 2.94. The Labute approximate surface area is 111 Å². The third-order valence-corrected chi connectivity index (χ3v) is 5.43. The van der Waals surface area contributed by atoms with E-state index in [-0.39, 0.29) is 17.4 Å². The molecular formula is C12H15NO3S2. The van der Waals surface area contributed by atoms with E-state index in [0.29, 0.717) is 6.42 Å². The van der Waals surface area contributed by atoms with Crippen LogP contribution in [0.3, 0.4) is 0 Å². The summed E-state index contributed by atoms with van der Waals surface area (Å²) in [7, 11) is -3.01. The van der Waals surface area contributed by atoms with Crippen molar-refractivity contribution in [2.45, 2.75) is 11.3 Å². The topological polar surface area (TPSA) is 63.2 Å². The Morgan fingerprint density at radius 1 is 1.44 bits per heavy atom. The molecule has 1 saturated heterocycles. The maximum atomic E-state index is 11.9. The van der Waals surface area contributed by atoms with Gasteiger partial charge in [-0.15, -0.1) is 11.8 Å². The number of amides is 1. The average molecular weight is 285 g/mol. The summed E-state index contributed by atoms with van der Waals surface area (Å²) in [6, 6.07) is 7.51. The van der Waals surface area contributed by atoms with Crippen LogP contribution in [-0.4, -0.2) is 32.1 Å². The minimum atomic E-state index is -3.01. The molecule has 1 aromatic carbocycles. The molecule has 1 N–H and O–H groups in total. The molecule has 0 bridgehead atoms. The zero-order valence-electron chi connectivity index (χ0n) is 10.0. The highest BCUT2D eigenvalue weighted by Gasteiger charge is 2.32. The largest absolute Gasteiger partial charge is 0.326 e. The van der Waals surface area contributed by atoms with Crippen LogP contribution in [0.1, 0.15) is 6.42 Å². The van der Waals surface area contributed by atoms with E-state index in [4.69, 9.17) is 0 Å². The summed E-state index contributed by atoms with van der Waals surface area (Å²) in [6.07, 6.45) is 2.39. The van der Waals surface area contributed by atoms with Gasteiger partial charge in [0, 0.05) is 10.6 Å². The molecule has 1 atom stereocenters. The zero-order valence-corrected chi connectivity index (χ0v) is 11.7. The van der Waals surface area contributed by atoms with Gasteiger partial charge in [0.1, 0.15) is 0 Å². The average Bonchev–Trinajstić information content (AvgIpc) is 2.70. The van der Waals surface area contributed by atoms with Gasteiger partial charge in [-0.25, -0.2) is 8.42 Å². The number of rotatable bonds is 3. The zero-order chi connectivity index (χ0) is 13.2. The molecule has 1 aromatic rings. The fourth-order valence-corrected chi connectivity index (χ4v) is 4.15. The van der Waals surface area contributed by atoms with Gasteiger partial charge in [-0.1, -0.05) is 6.07 Å². The molecule has 0 aliphatic carbocycles. The molecule has 4 nitrogen and oxygen atoms in total. The quantitative estimate of drug-likeness (QED) is 0.860. The summed E-state index contributed by atoms with van der Waals surface area (Å²) in [4.78, 5) is 13.0. The van der Waals surface area contributed by atoms with Crippen molar-refractivity contribution in [2.24, 2.45) is 5.92 Å². The second-order valence-electron chi connectivity index (χ2n) is 4.32. The fraction of sp³-hybridized carbons (Fsp3) is 0.417. The standard InChI is InChI=1S/C12H15NO3S2/c1-17-11-4-2-3-10(7-11)13-12(14)9-5-6-18(15,16)8-9/h2-4,7,9H,5-6,8H2,1H3,(H,13,14)/t9-/m0/s1. The van der Waals surface area contributed by atoms with Crippen LogP contribution >= 0.6 is 11.8 Å². The van der Waals surface area contributed by atoms with Crippen molar-refractivity contribution in [1.29, 1.82) is 0 Å². The number of benzene rings is 1. The molecule has 18 heavy (non-hydrogen) atoms. The molecule has 6 heteroatoms. The van der Waals surface area contributed by atoms with Gasteiger partial charge < -0.3 is 5.32 Å². The lowest BCUT2D eigenvalue weighted by atomic mass is 10.1. The fourth-order valence-electron chi connectivity index (χ4n) is 1.95. The summed E-state index contributed by atoms with van der Waals surface area (Å²) in [6.45, 7) is 0. The molecule has 98 valence electrons. The number of hydrogen-bond acceptors (Lipinski definition) is 4. The number of nitrogens with one attached hydrogen (secondary N) is 1. The molecule has 0 spiro atoms. The molecule has 0 aromatic heterocycles. The molecule has 1 aliphatic rings. The Balaban J connectivity index is 2.03. The first-order valence-electron chi connectivity index (χ1n) is 5.65. The molecule has 1 fully saturated rings. The van der Waals surface area contributed by atoms with Crippen molar-refractivity contribution < 1.29 is 13.2 Å². The van der Waals surface area contributed by atoms with Crippen LogP contribution in [0.4, 0.5) is 5.69 Å². The first-order valence-corrected chi connectivity index (χ1v) is 8.70. The summed E-state index contributed by atoms with van der Waals surface area (Å²) < 4.78 is 22.6. The van der Waals surface area contributed by atoms with E-state index in [1.54, 1.807) is 17.8 Å². The van der Waals surface area contributed by atoms with E-state index in [2.05, 4.69) is 5.32 Å². The Hall–Kier alpha value is -1.01. The Morgan fingerprint density at radius 2 is 2.22 bits per heavy atom. The molecule has 0 unspecified atom stereocenters. The number of anilines is 1. The summed E-state index contributed by atoms with van der Waals surface area (Å²) in [5.74, 6) is -0.515. The molecule has 1 heterocycles. The van der Waals surface area contributed by atoms with Crippen LogP contribution in [0.15, 0.2) is 29.2 Å². The summed E-state index contributed by atoms with van der Waals surface area (Å²) >= 11 is 1.59. The molecular weight excluding hydrogens is 270 g/mol. The predicted molar refractivity (Wildman–Crippen MR) is 73.6 cm³/mol. The highest BCUT2D eigenvalue weighted by Crippen LogP contribution is 2.22. The molecule has 1 aliphatic heterocycles. The van der Waals surface area contributed by atoms with E-state index < -0.39 is 15.8 Å². The van der Waals surface area contributed by atoms with Crippen LogP contribution < -0.4 is 5.32 Å². The van der Waals surface area contributed by atoms with Gasteiger partial charge in [0.05, 0.1) is 17.4 Å². The minimum Gasteiger partial charge on any atom is -0.326 e. The van der Waals surface area contributed by atoms with Crippen molar-refractivity contribution in [2.75, 3.05) is 23.1 Å². The Bertz CT molecular complexity index is 554. The number of hydrogen-bond donors (Lipinski definition) is 1. The maximum Gasteiger partial charge on any atom is 0.228 e. The molecule has 1 amide bonds. The number of carbonyl (C=O) groups is 1. The molecule has 0 saturated carbocycles. The van der Waals surface area contributed by atoms with Gasteiger partial charge in [-0.3, -0.25) is 4.79 Å². The molecule has 2 rings (SSSR count). The van der Waals surface area contributed by atoms with E-state index in [1.165, 1.54) is 0 Å². The highest BCUT2D eigenvalue weighted by molar-refractivity contribution is 7.98. The van der Waals surface area contributed by atoms with Gasteiger partial charge in [0.2, 0.25) is 5.91 Å². The van der Waals surface area contributed by atoms with Crippen LogP contribution in [-0.2, 0) is 14.6 Å². The summed E-state index contributed by atoms with van der Waals surface area (Å²) in [5.41, 5.74) is 0.719. The Morgan fingerprint density at radius 3 is 2.83 bits per heavy atom. The van der Waals surface area contributed by atoms with Crippen molar-refractivity contribution >= 4 is 33.2 Å². The lowest BCUT2D eigenvalue weighted by Crippen LogP contribution is -2.23. The summed E-state index contributed by atoms with van der Waals surface area (Å²) in [5, 5.41) is 2.78. The van der Waals surface area contributed by atoms with E-state index in [1.807, 2.05) is 24.5 Å². The van der Waals surface area contributed by atoms with E-state index in [9.17, 15) is 13.2 Å². The number of thioether (sulfide) groups is 1. The second kappa shape index (κ2) is 5.32. The van der Waals surface area contributed by atoms with Gasteiger partial charge in [-0.05, 0) is 30.9 Å².